The van der Waals surface area contributed by atoms with Crippen LogP contribution in [-0.2, 0) is 19.9 Å². The van der Waals surface area contributed by atoms with Crippen molar-refractivity contribution >= 4 is 17.5 Å². The normalized spacial score (nSPS) is 13.8. The minimum atomic E-state index is -1.74. The maximum Gasteiger partial charge on any atom is 0.247 e. The Morgan fingerprint density at radius 2 is 2.03 bits per heavy atom. The Hall–Kier alpha value is -3.44. The molecule has 0 saturated heterocycles. The molecule has 0 spiro atoms. The molecule has 1 aromatic heterocycles. The van der Waals surface area contributed by atoms with Gasteiger partial charge in [0.05, 0.1) is 38.1 Å². The molecule has 0 bridgehead atoms. The largest absolute Gasteiger partial charge is 0.494 e. The molecule has 37 heavy (non-hydrogen) atoms. The van der Waals surface area contributed by atoms with Gasteiger partial charge in [0.15, 0.2) is 11.5 Å². The van der Waals surface area contributed by atoms with Crippen molar-refractivity contribution in [2.75, 3.05) is 40.5 Å². The van der Waals surface area contributed by atoms with E-state index in [1.165, 1.54) is 50.6 Å². The number of aliphatic hydroxyl groups excluding tert-OH is 1. The van der Waals surface area contributed by atoms with Gasteiger partial charge in [-0.05, 0) is 49.4 Å². The minimum Gasteiger partial charge on any atom is -0.494 e. The van der Waals surface area contributed by atoms with Crippen LogP contribution in [0.2, 0.25) is 5.02 Å². The van der Waals surface area contributed by atoms with Crippen molar-refractivity contribution in [3.63, 3.8) is 0 Å². The monoisotopic (exact) mass is 535 g/mol. The fourth-order valence-corrected chi connectivity index (χ4v) is 3.41. The molecule has 0 saturated carbocycles. The zero-order chi connectivity index (χ0) is 27.6. The predicted octanol–water partition coefficient (Wildman–Crippen LogP) is 2.81. The van der Waals surface area contributed by atoms with Crippen LogP contribution in [0, 0.1) is 5.82 Å². The first-order chi connectivity index (χ1) is 17.6. The molecule has 1 heterocycles. The van der Waals surface area contributed by atoms with Gasteiger partial charge in [-0.3, -0.25) is 4.79 Å². The zero-order valence-corrected chi connectivity index (χ0v) is 21.6. The molecular weight excluding hydrogens is 505 g/mol. The number of halogens is 2. The van der Waals surface area contributed by atoms with Gasteiger partial charge >= 0.3 is 0 Å². The fraction of sp³-hybridized carbons (Fsp3) is 0.308. The number of nitrogens with one attached hydrogen (secondary N) is 1. The second-order valence-electron chi connectivity index (χ2n) is 7.83. The molecule has 11 heteroatoms. The number of allylic oxidation sites excluding steroid dienone is 2. The molecule has 1 atom stereocenters. The molecule has 5 N–H and O–H groups in total. The number of carbonyl (C=O) groups is 1. The molecule has 0 aliphatic carbocycles. The maximum absolute atomic E-state index is 13.7. The second kappa shape index (κ2) is 13.8. The van der Waals surface area contributed by atoms with Crippen LogP contribution in [0.5, 0.6) is 5.75 Å². The smallest absolute Gasteiger partial charge is 0.247 e. The van der Waals surface area contributed by atoms with Gasteiger partial charge < -0.3 is 35.5 Å². The summed E-state index contributed by atoms with van der Waals surface area (Å²) in [5.74, 6) is -0.251. The first-order valence-corrected chi connectivity index (χ1v) is 11.6. The van der Waals surface area contributed by atoms with E-state index in [4.69, 9.17) is 36.7 Å². The number of rotatable bonds is 13. The van der Waals surface area contributed by atoms with Crippen molar-refractivity contribution in [1.29, 1.82) is 0 Å². The Morgan fingerprint density at radius 3 is 2.59 bits per heavy atom. The molecule has 200 valence electrons. The number of pyridine rings is 1. The lowest BCUT2D eigenvalue weighted by Gasteiger charge is -2.27. The molecular formula is C26H31ClFN3O6. The van der Waals surface area contributed by atoms with Gasteiger partial charge in [0.25, 0.3) is 0 Å². The van der Waals surface area contributed by atoms with E-state index >= 15 is 0 Å². The van der Waals surface area contributed by atoms with Gasteiger partial charge in [0.1, 0.15) is 29.5 Å². The summed E-state index contributed by atoms with van der Waals surface area (Å²) in [5.41, 5.74) is 5.32. The third-order valence-electron chi connectivity index (χ3n) is 5.33. The summed E-state index contributed by atoms with van der Waals surface area (Å²) in [6, 6.07) is 7.18. The number of amides is 1. The summed E-state index contributed by atoms with van der Waals surface area (Å²) in [6.45, 7) is 4.47. The lowest BCUT2D eigenvalue weighted by Crippen LogP contribution is -2.46. The third-order valence-corrected chi connectivity index (χ3v) is 5.62. The van der Waals surface area contributed by atoms with Gasteiger partial charge in [-0.1, -0.05) is 18.2 Å². The quantitative estimate of drug-likeness (QED) is 0.175. The Kier molecular flexibility index (Phi) is 11.1. The summed E-state index contributed by atoms with van der Waals surface area (Å²) < 4.78 is 29.7. The first-order valence-electron chi connectivity index (χ1n) is 11.2. The first kappa shape index (κ1) is 29.8. The summed E-state index contributed by atoms with van der Waals surface area (Å²) in [4.78, 5) is 17.3. The molecule has 0 aliphatic rings. The minimum absolute atomic E-state index is 0.0256. The molecule has 0 aliphatic heterocycles. The summed E-state index contributed by atoms with van der Waals surface area (Å²) in [6.07, 6.45) is 2.83. The van der Waals surface area contributed by atoms with E-state index in [-0.39, 0.29) is 54.1 Å². The van der Waals surface area contributed by atoms with Crippen LogP contribution in [0.3, 0.4) is 0 Å². The molecule has 1 aromatic carbocycles. The van der Waals surface area contributed by atoms with Crippen LogP contribution in [-0.4, -0.2) is 61.6 Å². The molecule has 0 radical (unpaired) electrons. The fourth-order valence-electron chi connectivity index (χ4n) is 3.23. The van der Waals surface area contributed by atoms with E-state index in [9.17, 15) is 14.3 Å². The standard InChI is InChI=1S/C26H31ClFN3O6/c1-5-20(37-11-10-32)22(36-4)12-16(2)25(33)30-15-26(34,14-29)23-9-8-21(35-3)24(31-23)17-6-7-19(28)18(27)13-17/h5-9,12-13,32,34H,1,10-11,14-15,29H2,2-4H3,(H,30,33)/b16-12+,22-20-. The van der Waals surface area contributed by atoms with Gasteiger partial charge in [0.2, 0.25) is 5.91 Å². The van der Waals surface area contributed by atoms with Crippen molar-refractivity contribution in [1.82, 2.24) is 10.3 Å². The number of hydrogen-bond donors (Lipinski definition) is 4. The number of aromatic nitrogens is 1. The molecule has 9 nitrogen and oxygen atoms in total. The summed E-state index contributed by atoms with van der Waals surface area (Å²) in [5, 5.41) is 22.8. The summed E-state index contributed by atoms with van der Waals surface area (Å²) in [7, 11) is 2.85. The van der Waals surface area contributed by atoms with Crippen LogP contribution >= 0.6 is 11.6 Å². The SMILES string of the molecule is C=C/C(OCCO)=C(\C=C(/C)C(=O)NCC(O)(CN)c1ccc(OC)c(-c2ccc(F)c(Cl)c2)n1)OC. The predicted molar refractivity (Wildman–Crippen MR) is 138 cm³/mol. The van der Waals surface area contributed by atoms with Gasteiger partial charge in [0, 0.05) is 17.7 Å². The Morgan fingerprint density at radius 1 is 1.30 bits per heavy atom. The Balaban J connectivity index is 2.32. The number of nitrogens with zero attached hydrogens (tertiary/aromatic N) is 1. The Bertz CT molecular complexity index is 1190. The van der Waals surface area contributed by atoms with Gasteiger partial charge in [-0.25, -0.2) is 9.37 Å². The van der Waals surface area contributed by atoms with Gasteiger partial charge in [-0.2, -0.15) is 0 Å². The molecule has 1 unspecified atom stereocenters. The van der Waals surface area contributed by atoms with Crippen molar-refractivity contribution in [2.45, 2.75) is 12.5 Å². The average Bonchev–Trinajstić information content (AvgIpc) is 2.92. The van der Waals surface area contributed by atoms with E-state index < -0.39 is 17.3 Å². The van der Waals surface area contributed by atoms with Crippen molar-refractivity contribution in [3.05, 3.63) is 82.7 Å². The number of methoxy groups -OCH3 is 2. The van der Waals surface area contributed by atoms with E-state index in [0.717, 1.165) is 0 Å². The highest BCUT2D eigenvalue weighted by Gasteiger charge is 2.31. The van der Waals surface area contributed by atoms with Crippen LogP contribution < -0.4 is 15.8 Å². The number of carbonyl (C=O) groups excluding carboxylic acids is 1. The lowest BCUT2D eigenvalue weighted by molar-refractivity contribution is -0.118. The number of ether oxygens (including phenoxy) is 3. The number of nitrogens with two attached hydrogens (primary N) is 1. The molecule has 2 rings (SSSR count). The van der Waals surface area contributed by atoms with Crippen molar-refractivity contribution in [2.24, 2.45) is 5.73 Å². The van der Waals surface area contributed by atoms with E-state index in [1.54, 1.807) is 13.0 Å². The highest BCUT2D eigenvalue weighted by atomic mass is 35.5. The highest BCUT2D eigenvalue weighted by molar-refractivity contribution is 6.31. The number of hydrogen-bond acceptors (Lipinski definition) is 8. The van der Waals surface area contributed by atoms with Crippen LogP contribution in [0.15, 0.2) is 66.2 Å². The molecule has 1 amide bonds. The molecule has 2 aromatic rings. The van der Waals surface area contributed by atoms with E-state index in [0.29, 0.717) is 17.0 Å². The number of benzene rings is 1. The Labute approximate surface area is 220 Å². The topological polar surface area (TPSA) is 136 Å². The second-order valence-corrected chi connectivity index (χ2v) is 8.24. The van der Waals surface area contributed by atoms with E-state index in [1.807, 2.05) is 0 Å². The maximum atomic E-state index is 13.7. The zero-order valence-electron chi connectivity index (χ0n) is 20.9. The van der Waals surface area contributed by atoms with E-state index in [2.05, 4.69) is 16.9 Å². The van der Waals surface area contributed by atoms with Crippen LogP contribution in [0.25, 0.3) is 11.3 Å². The van der Waals surface area contributed by atoms with Crippen LogP contribution in [0.4, 0.5) is 4.39 Å². The highest BCUT2D eigenvalue weighted by Crippen LogP contribution is 2.33. The lowest BCUT2D eigenvalue weighted by atomic mass is 9.97. The third kappa shape index (κ3) is 7.53. The van der Waals surface area contributed by atoms with Gasteiger partial charge in [-0.15, -0.1) is 0 Å². The molecule has 0 fully saturated rings. The van der Waals surface area contributed by atoms with Crippen molar-refractivity contribution in [3.8, 4) is 17.0 Å². The van der Waals surface area contributed by atoms with Crippen molar-refractivity contribution < 1.29 is 33.6 Å². The summed E-state index contributed by atoms with van der Waals surface area (Å²) >= 11 is 5.93. The van der Waals surface area contributed by atoms with Crippen LogP contribution in [0.1, 0.15) is 12.6 Å². The number of aliphatic hydroxyl groups is 2. The average molecular weight is 536 g/mol.